The van der Waals surface area contributed by atoms with E-state index in [4.69, 9.17) is 0 Å². The zero-order chi connectivity index (χ0) is 18.5. The SMILES string of the molecule is Cc1cccc(NC(=O)NCc2cccn2Cc2cc(C)ccc2C)c1. The van der Waals surface area contributed by atoms with Gasteiger partial charge in [-0.15, -0.1) is 0 Å². The van der Waals surface area contributed by atoms with Crippen LogP contribution >= 0.6 is 0 Å². The molecule has 0 aliphatic heterocycles. The zero-order valence-electron chi connectivity index (χ0n) is 15.5. The van der Waals surface area contributed by atoms with E-state index in [1.807, 2.05) is 43.3 Å². The first-order valence-electron chi connectivity index (χ1n) is 8.83. The number of aromatic nitrogens is 1. The smallest absolute Gasteiger partial charge is 0.319 e. The summed E-state index contributed by atoms with van der Waals surface area (Å²) in [6.45, 7) is 7.53. The number of nitrogens with zero attached hydrogens (tertiary/aromatic N) is 1. The number of carbonyl (C=O) groups is 1. The van der Waals surface area contributed by atoms with E-state index < -0.39 is 0 Å². The predicted octanol–water partition coefficient (Wildman–Crippen LogP) is 4.78. The van der Waals surface area contributed by atoms with E-state index in [0.717, 1.165) is 23.5 Å². The van der Waals surface area contributed by atoms with Gasteiger partial charge in [0.15, 0.2) is 0 Å². The molecule has 0 fully saturated rings. The molecule has 0 atom stereocenters. The fourth-order valence-corrected chi connectivity index (χ4v) is 2.99. The summed E-state index contributed by atoms with van der Waals surface area (Å²) in [5, 5.41) is 5.81. The minimum atomic E-state index is -0.199. The summed E-state index contributed by atoms with van der Waals surface area (Å²) < 4.78 is 2.18. The molecule has 0 saturated carbocycles. The number of nitrogens with one attached hydrogen (secondary N) is 2. The molecule has 26 heavy (non-hydrogen) atoms. The molecule has 2 N–H and O–H groups in total. The van der Waals surface area contributed by atoms with Crippen molar-refractivity contribution >= 4 is 11.7 Å². The van der Waals surface area contributed by atoms with Gasteiger partial charge in [0.1, 0.15) is 0 Å². The standard InChI is InChI=1S/C22H25N3O/c1-16-6-4-7-20(13-16)24-22(26)23-14-21-8-5-11-25(21)15-19-12-17(2)9-10-18(19)3/h4-13H,14-15H2,1-3H3,(H2,23,24,26). The van der Waals surface area contributed by atoms with E-state index >= 15 is 0 Å². The molecule has 0 spiro atoms. The van der Waals surface area contributed by atoms with Crippen molar-refractivity contribution in [2.75, 3.05) is 5.32 Å². The zero-order valence-corrected chi connectivity index (χ0v) is 15.5. The lowest BCUT2D eigenvalue weighted by Crippen LogP contribution is -2.29. The lowest BCUT2D eigenvalue weighted by Gasteiger charge is -2.13. The van der Waals surface area contributed by atoms with Gasteiger partial charge in [-0.05, 0) is 61.7 Å². The summed E-state index contributed by atoms with van der Waals surface area (Å²) >= 11 is 0. The molecule has 0 aliphatic carbocycles. The molecule has 0 bridgehead atoms. The fourth-order valence-electron chi connectivity index (χ4n) is 2.99. The number of hydrogen-bond acceptors (Lipinski definition) is 1. The normalized spacial score (nSPS) is 10.6. The van der Waals surface area contributed by atoms with Gasteiger partial charge in [0.25, 0.3) is 0 Å². The van der Waals surface area contributed by atoms with Crippen LogP contribution in [0.4, 0.5) is 10.5 Å². The monoisotopic (exact) mass is 347 g/mol. The molecule has 0 aliphatic rings. The fraction of sp³-hybridized carbons (Fsp3) is 0.227. The number of aryl methyl sites for hydroxylation is 3. The maximum Gasteiger partial charge on any atom is 0.319 e. The van der Waals surface area contributed by atoms with Gasteiger partial charge < -0.3 is 15.2 Å². The number of rotatable bonds is 5. The molecule has 134 valence electrons. The van der Waals surface area contributed by atoms with E-state index in [9.17, 15) is 4.79 Å². The molecule has 2 aromatic carbocycles. The number of hydrogen-bond donors (Lipinski definition) is 2. The Balaban J connectivity index is 1.62. The van der Waals surface area contributed by atoms with Crippen LogP contribution in [0.3, 0.4) is 0 Å². The van der Waals surface area contributed by atoms with Gasteiger partial charge in [-0.25, -0.2) is 4.79 Å². The highest BCUT2D eigenvalue weighted by molar-refractivity contribution is 5.89. The van der Waals surface area contributed by atoms with Gasteiger partial charge in [-0.3, -0.25) is 0 Å². The van der Waals surface area contributed by atoms with E-state index in [-0.39, 0.29) is 6.03 Å². The minimum absolute atomic E-state index is 0.199. The maximum absolute atomic E-state index is 12.2. The van der Waals surface area contributed by atoms with Crippen molar-refractivity contribution in [2.24, 2.45) is 0 Å². The summed E-state index contributed by atoms with van der Waals surface area (Å²) in [6.07, 6.45) is 2.05. The lowest BCUT2D eigenvalue weighted by atomic mass is 10.1. The van der Waals surface area contributed by atoms with Crippen molar-refractivity contribution in [3.63, 3.8) is 0 Å². The Kier molecular flexibility index (Phi) is 5.42. The molecule has 1 heterocycles. The van der Waals surface area contributed by atoms with Gasteiger partial charge in [0, 0.05) is 24.1 Å². The second-order valence-electron chi connectivity index (χ2n) is 6.73. The molecule has 4 heteroatoms. The summed E-state index contributed by atoms with van der Waals surface area (Å²) in [6, 6.07) is 18.1. The highest BCUT2D eigenvalue weighted by atomic mass is 16.2. The van der Waals surface area contributed by atoms with Crippen molar-refractivity contribution < 1.29 is 4.79 Å². The van der Waals surface area contributed by atoms with Gasteiger partial charge in [0.05, 0.1) is 6.54 Å². The van der Waals surface area contributed by atoms with E-state index in [0.29, 0.717) is 6.54 Å². The Labute approximate surface area is 154 Å². The Morgan fingerprint density at radius 3 is 2.58 bits per heavy atom. The minimum Gasteiger partial charge on any atom is -0.345 e. The first-order valence-corrected chi connectivity index (χ1v) is 8.83. The van der Waals surface area contributed by atoms with Crippen molar-refractivity contribution in [3.05, 3.63) is 88.7 Å². The predicted molar refractivity (Wildman–Crippen MR) is 106 cm³/mol. The first kappa shape index (κ1) is 17.8. The second kappa shape index (κ2) is 7.91. The van der Waals surface area contributed by atoms with Crippen molar-refractivity contribution in [2.45, 2.75) is 33.9 Å². The Morgan fingerprint density at radius 1 is 0.962 bits per heavy atom. The average molecular weight is 347 g/mol. The van der Waals surface area contributed by atoms with Crippen LogP contribution in [0, 0.1) is 20.8 Å². The van der Waals surface area contributed by atoms with Crippen LogP contribution in [-0.2, 0) is 13.1 Å². The van der Waals surface area contributed by atoms with Crippen LogP contribution in [-0.4, -0.2) is 10.6 Å². The Bertz CT molecular complexity index is 911. The average Bonchev–Trinajstić information content (AvgIpc) is 3.03. The molecule has 3 rings (SSSR count). The Morgan fingerprint density at radius 2 is 1.77 bits per heavy atom. The van der Waals surface area contributed by atoms with E-state index in [2.05, 4.69) is 53.4 Å². The van der Waals surface area contributed by atoms with Crippen LogP contribution in [0.2, 0.25) is 0 Å². The number of carbonyl (C=O) groups excluding carboxylic acids is 1. The third kappa shape index (κ3) is 4.54. The number of benzene rings is 2. The highest BCUT2D eigenvalue weighted by Crippen LogP contribution is 2.14. The van der Waals surface area contributed by atoms with Crippen LogP contribution in [0.25, 0.3) is 0 Å². The summed E-state index contributed by atoms with van der Waals surface area (Å²) in [5.74, 6) is 0. The van der Waals surface area contributed by atoms with Crippen LogP contribution in [0.5, 0.6) is 0 Å². The number of amides is 2. The van der Waals surface area contributed by atoms with E-state index in [1.165, 1.54) is 16.7 Å². The molecule has 4 nitrogen and oxygen atoms in total. The molecular weight excluding hydrogens is 322 g/mol. The van der Waals surface area contributed by atoms with Gasteiger partial charge in [-0.2, -0.15) is 0 Å². The second-order valence-corrected chi connectivity index (χ2v) is 6.73. The van der Waals surface area contributed by atoms with Gasteiger partial charge in [0.2, 0.25) is 0 Å². The maximum atomic E-state index is 12.2. The molecule has 0 radical (unpaired) electrons. The quantitative estimate of drug-likeness (QED) is 0.685. The Hall–Kier alpha value is -3.01. The van der Waals surface area contributed by atoms with E-state index in [1.54, 1.807) is 0 Å². The lowest BCUT2D eigenvalue weighted by molar-refractivity contribution is 0.251. The molecule has 0 saturated heterocycles. The summed E-state index contributed by atoms with van der Waals surface area (Å²) in [7, 11) is 0. The third-order valence-electron chi connectivity index (χ3n) is 4.47. The molecule has 3 aromatic rings. The van der Waals surface area contributed by atoms with Crippen LogP contribution in [0.15, 0.2) is 60.8 Å². The van der Waals surface area contributed by atoms with Gasteiger partial charge >= 0.3 is 6.03 Å². The highest BCUT2D eigenvalue weighted by Gasteiger charge is 2.07. The largest absolute Gasteiger partial charge is 0.345 e. The molecule has 0 unspecified atom stereocenters. The topological polar surface area (TPSA) is 46.1 Å². The molecule has 2 amide bonds. The third-order valence-corrected chi connectivity index (χ3v) is 4.47. The van der Waals surface area contributed by atoms with Gasteiger partial charge in [-0.1, -0.05) is 35.9 Å². The molecule has 1 aromatic heterocycles. The van der Waals surface area contributed by atoms with Crippen molar-refractivity contribution in [1.29, 1.82) is 0 Å². The number of anilines is 1. The summed E-state index contributed by atoms with van der Waals surface area (Å²) in [4.78, 5) is 12.2. The van der Waals surface area contributed by atoms with Crippen LogP contribution < -0.4 is 10.6 Å². The number of urea groups is 1. The summed E-state index contributed by atoms with van der Waals surface area (Å²) in [5.41, 5.74) is 6.82. The van der Waals surface area contributed by atoms with Crippen molar-refractivity contribution in [3.8, 4) is 0 Å². The van der Waals surface area contributed by atoms with Crippen LogP contribution in [0.1, 0.15) is 27.9 Å². The van der Waals surface area contributed by atoms with Crippen molar-refractivity contribution in [1.82, 2.24) is 9.88 Å². The first-order chi connectivity index (χ1) is 12.5. The molecular formula is C22H25N3O.